The summed E-state index contributed by atoms with van der Waals surface area (Å²) in [5, 5.41) is 2.76. The zero-order valence-electron chi connectivity index (χ0n) is 10.5. The zero-order chi connectivity index (χ0) is 12.4. The van der Waals surface area contributed by atoms with Gasteiger partial charge in [0.05, 0.1) is 6.54 Å². The smallest absolute Gasteiger partial charge is 0.220 e. The Morgan fingerprint density at radius 3 is 2.31 bits per heavy atom. The molecule has 0 spiro atoms. The SMILES string of the molecule is CCOC(CNC(=O)CCC(C)N)OCC. The summed E-state index contributed by atoms with van der Waals surface area (Å²) in [7, 11) is 0. The average Bonchev–Trinajstić information content (AvgIpc) is 2.23. The molecule has 0 saturated carbocycles. The maximum atomic E-state index is 11.4. The highest BCUT2D eigenvalue weighted by Gasteiger charge is 2.10. The molecule has 0 bridgehead atoms. The van der Waals surface area contributed by atoms with Gasteiger partial charge in [0.15, 0.2) is 6.29 Å². The summed E-state index contributed by atoms with van der Waals surface area (Å²) in [4.78, 5) is 11.4. The summed E-state index contributed by atoms with van der Waals surface area (Å²) in [5.74, 6) is -0.0123. The van der Waals surface area contributed by atoms with E-state index in [4.69, 9.17) is 15.2 Å². The van der Waals surface area contributed by atoms with E-state index in [0.29, 0.717) is 32.6 Å². The lowest BCUT2D eigenvalue weighted by Gasteiger charge is -2.17. The number of rotatable bonds is 9. The predicted molar refractivity (Wildman–Crippen MR) is 62.9 cm³/mol. The molecule has 0 radical (unpaired) electrons. The van der Waals surface area contributed by atoms with Crippen LogP contribution in [0.25, 0.3) is 0 Å². The third-order valence-corrected chi connectivity index (χ3v) is 2.00. The molecule has 5 heteroatoms. The minimum Gasteiger partial charge on any atom is -0.351 e. The van der Waals surface area contributed by atoms with E-state index < -0.39 is 0 Å². The largest absolute Gasteiger partial charge is 0.351 e. The van der Waals surface area contributed by atoms with Gasteiger partial charge in [0.2, 0.25) is 5.91 Å². The first-order valence-corrected chi connectivity index (χ1v) is 5.85. The Labute approximate surface area is 97.7 Å². The van der Waals surface area contributed by atoms with Crippen LogP contribution in [0.5, 0.6) is 0 Å². The molecule has 3 N–H and O–H groups in total. The molecule has 0 saturated heterocycles. The zero-order valence-corrected chi connectivity index (χ0v) is 10.5. The van der Waals surface area contributed by atoms with E-state index in [2.05, 4.69) is 5.32 Å². The van der Waals surface area contributed by atoms with E-state index >= 15 is 0 Å². The van der Waals surface area contributed by atoms with E-state index in [1.165, 1.54) is 0 Å². The molecule has 0 aliphatic heterocycles. The first-order chi connectivity index (χ1) is 7.60. The molecule has 0 aromatic carbocycles. The van der Waals surface area contributed by atoms with Crippen molar-refractivity contribution in [1.82, 2.24) is 5.32 Å². The molecule has 96 valence electrons. The third-order valence-electron chi connectivity index (χ3n) is 2.00. The Balaban J connectivity index is 3.68. The molecule has 0 fully saturated rings. The van der Waals surface area contributed by atoms with Crippen LogP contribution in [-0.4, -0.2) is 38.0 Å². The maximum Gasteiger partial charge on any atom is 0.220 e. The summed E-state index contributed by atoms with van der Waals surface area (Å²) in [6.07, 6.45) is 0.789. The third kappa shape index (κ3) is 8.64. The van der Waals surface area contributed by atoms with Crippen molar-refractivity contribution in [3.05, 3.63) is 0 Å². The van der Waals surface area contributed by atoms with Gasteiger partial charge in [0.25, 0.3) is 0 Å². The highest BCUT2D eigenvalue weighted by atomic mass is 16.7. The second-order valence-electron chi connectivity index (χ2n) is 3.66. The molecule has 0 aromatic rings. The van der Waals surface area contributed by atoms with Gasteiger partial charge in [-0.1, -0.05) is 0 Å². The van der Waals surface area contributed by atoms with Crippen molar-refractivity contribution >= 4 is 5.91 Å². The molecule has 0 rings (SSSR count). The summed E-state index contributed by atoms with van der Waals surface area (Å²) in [6.45, 7) is 7.20. The molecule has 1 atom stereocenters. The van der Waals surface area contributed by atoms with Gasteiger partial charge in [-0.15, -0.1) is 0 Å². The summed E-state index contributed by atoms with van der Waals surface area (Å²) in [5.41, 5.74) is 5.56. The van der Waals surface area contributed by atoms with Gasteiger partial charge < -0.3 is 20.5 Å². The van der Waals surface area contributed by atoms with Crippen molar-refractivity contribution in [3.8, 4) is 0 Å². The van der Waals surface area contributed by atoms with E-state index in [1.54, 1.807) is 0 Å². The van der Waals surface area contributed by atoms with Crippen LogP contribution >= 0.6 is 0 Å². The molecule has 0 aliphatic rings. The van der Waals surface area contributed by atoms with Crippen molar-refractivity contribution in [2.75, 3.05) is 19.8 Å². The van der Waals surface area contributed by atoms with E-state index in [0.717, 1.165) is 0 Å². The number of nitrogens with one attached hydrogen (secondary N) is 1. The quantitative estimate of drug-likeness (QED) is 0.572. The Morgan fingerprint density at radius 2 is 1.88 bits per heavy atom. The average molecular weight is 232 g/mol. The molecule has 1 amide bonds. The molecule has 0 heterocycles. The molecule has 0 aliphatic carbocycles. The molecule has 1 unspecified atom stereocenters. The fourth-order valence-electron chi connectivity index (χ4n) is 1.18. The van der Waals surface area contributed by atoms with Gasteiger partial charge in [-0.25, -0.2) is 0 Å². The monoisotopic (exact) mass is 232 g/mol. The maximum absolute atomic E-state index is 11.4. The molecule has 5 nitrogen and oxygen atoms in total. The fraction of sp³-hybridized carbons (Fsp3) is 0.909. The predicted octanol–water partition coefficient (Wildman–Crippen LogP) is 0.629. The number of amides is 1. The van der Waals surface area contributed by atoms with Crippen LogP contribution in [0.15, 0.2) is 0 Å². The first-order valence-electron chi connectivity index (χ1n) is 5.85. The second-order valence-corrected chi connectivity index (χ2v) is 3.66. The highest BCUT2D eigenvalue weighted by molar-refractivity contribution is 5.75. The topological polar surface area (TPSA) is 73.6 Å². The normalized spacial score (nSPS) is 12.8. The molecule has 16 heavy (non-hydrogen) atoms. The van der Waals surface area contributed by atoms with Gasteiger partial charge in [0, 0.05) is 25.7 Å². The molecular weight excluding hydrogens is 208 g/mol. The van der Waals surface area contributed by atoms with E-state index in [9.17, 15) is 4.79 Å². The van der Waals surface area contributed by atoms with E-state index in [1.807, 2.05) is 20.8 Å². The van der Waals surface area contributed by atoms with Crippen molar-refractivity contribution in [3.63, 3.8) is 0 Å². The Bertz CT molecular complexity index is 180. The number of nitrogens with two attached hydrogens (primary N) is 1. The van der Waals surface area contributed by atoms with Gasteiger partial charge >= 0.3 is 0 Å². The van der Waals surface area contributed by atoms with Crippen molar-refractivity contribution in [1.29, 1.82) is 0 Å². The molecular formula is C11H24N2O3. The van der Waals surface area contributed by atoms with Gasteiger partial charge in [0.1, 0.15) is 0 Å². The lowest BCUT2D eigenvalue weighted by molar-refractivity contribution is -0.140. The Hall–Kier alpha value is -0.650. The van der Waals surface area contributed by atoms with Crippen LogP contribution in [-0.2, 0) is 14.3 Å². The van der Waals surface area contributed by atoms with Crippen LogP contribution in [0.4, 0.5) is 0 Å². The Morgan fingerprint density at radius 1 is 1.31 bits per heavy atom. The molecule has 0 aromatic heterocycles. The first kappa shape index (κ1) is 15.3. The van der Waals surface area contributed by atoms with Crippen LogP contribution < -0.4 is 11.1 Å². The second kappa shape index (κ2) is 9.57. The number of carbonyl (C=O) groups excluding carboxylic acids is 1. The summed E-state index contributed by atoms with van der Waals surface area (Å²) >= 11 is 0. The summed E-state index contributed by atoms with van der Waals surface area (Å²) < 4.78 is 10.6. The lowest BCUT2D eigenvalue weighted by atomic mass is 10.2. The lowest BCUT2D eigenvalue weighted by Crippen LogP contribution is -2.35. The summed E-state index contributed by atoms with van der Waals surface area (Å²) in [6, 6.07) is 0.0559. The van der Waals surface area contributed by atoms with Gasteiger partial charge in [-0.3, -0.25) is 4.79 Å². The minimum absolute atomic E-state index is 0.0123. The number of carbonyl (C=O) groups is 1. The number of hydrogen-bond donors (Lipinski definition) is 2. The van der Waals surface area contributed by atoms with Crippen molar-refractivity contribution < 1.29 is 14.3 Å². The number of hydrogen-bond acceptors (Lipinski definition) is 4. The highest BCUT2D eigenvalue weighted by Crippen LogP contribution is 1.96. The van der Waals surface area contributed by atoms with Crippen molar-refractivity contribution in [2.24, 2.45) is 5.73 Å². The van der Waals surface area contributed by atoms with Crippen molar-refractivity contribution in [2.45, 2.75) is 45.9 Å². The number of ether oxygens (including phenoxy) is 2. The van der Waals surface area contributed by atoms with Crippen LogP contribution in [0, 0.1) is 0 Å². The van der Waals surface area contributed by atoms with Crippen LogP contribution in [0.2, 0.25) is 0 Å². The standard InChI is InChI=1S/C11H24N2O3/c1-4-15-11(16-5-2)8-13-10(14)7-6-9(3)12/h9,11H,4-8,12H2,1-3H3,(H,13,14). The minimum atomic E-state index is -0.353. The van der Waals surface area contributed by atoms with Gasteiger partial charge in [-0.05, 0) is 27.2 Å². The van der Waals surface area contributed by atoms with E-state index in [-0.39, 0.29) is 18.2 Å². The fourth-order valence-corrected chi connectivity index (χ4v) is 1.18. The van der Waals surface area contributed by atoms with Crippen LogP contribution in [0.3, 0.4) is 0 Å². The van der Waals surface area contributed by atoms with Crippen LogP contribution in [0.1, 0.15) is 33.6 Å². The van der Waals surface area contributed by atoms with Gasteiger partial charge in [-0.2, -0.15) is 0 Å². The Kier molecular flexibility index (Phi) is 9.18.